The summed E-state index contributed by atoms with van der Waals surface area (Å²) in [4.78, 5) is 4.83. The molecule has 0 heterocycles. The lowest BCUT2D eigenvalue weighted by molar-refractivity contribution is 0.123. The van der Waals surface area contributed by atoms with Crippen LogP contribution in [-0.2, 0) is 4.74 Å². The van der Waals surface area contributed by atoms with Crippen LogP contribution >= 0.6 is 0 Å². The van der Waals surface area contributed by atoms with Crippen molar-refractivity contribution in [2.45, 2.75) is 64.7 Å². The molecule has 2 aliphatic rings. The topological polar surface area (TPSA) is 65.9 Å². The molecule has 0 spiro atoms. The Bertz CT molecular complexity index is 358. The molecule has 2 saturated carbocycles. The smallest absolute Gasteiger partial charge is 0.191 e. The maximum Gasteiger partial charge on any atom is 0.191 e. The fourth-order valence-corrected chi connectivity index (χ4v) is 3.53. The van der Waals surface area contributed by atoms with E-state index in [-0.39, 0.29) is 12.0 Å². The van der Waals surface area contributed by atoms with Gasteiger partial charge in [0.15, 0.2) is 5.96 Å². The Hall–Kier alpha value is -0.810. The maximum absolute atomic E-state index is 9.43. The summed E-state index contributed by atoms with van der Waals surface area (Å²) in [5.74, 6) is 1.75. The van der Waals surface area contributed by atoms with Crippen LogP contribution in [0.4, 0.5) is 0 Å². The van der Waals surface area contributed by atoms with E-state index in [4.69, 9.17) is 9.73 Å². The van der Waals surface area contributed by atoms with Gasteiger partial charge in [0.1, 0.15) is 0 Å². The summed E-state index contributed by atoms with van der Waals surface area (Å²) in [7, 11) is 0. The third-order valence-corrected chi connectivity index (χ3v) is 5.28. The summed E-state index contributed by atoms with van der Waals surface area (Å²) in [5.41, 5.74) is 0.211. The van der Waals surface area contributed by atoms with E-state index < -0.39 is 0 Å². The van der Waals surface area contributed by atoms with Gasteiger partial charge >= 0.3 is 0 Å². The highest BCUT2D eigenvalue weighted by Crippen LogP contribution is 2.39. The quantitative estimate of drug-likeness (QED) is 0.308. The van der Waals surface area contributed by atoms with Gasteiger partial charge in [-0.2, -0.15) is 0 Å². The average molecular weight is 340 g/mol. The molecule has 0 unspecified atom stereocenters. The van der Waals surface area contributed by atoms with Gasteiger partial charge in [0.25, 0.3) is 0 Å². The van der Waals surface area contributed by atoms with E-state index in [2.05, 4.69) is 17.6 Å². The summed E-state index contributed by atoms with van der Waals surface area (Å²) >= 11 is 0. The van der Waals surface area contributed by atoms with E-state index in [0.29, 0.717) is 0 Å². The Labute approximate surface area is 147 Å². The monoisotopic (exact) mass is 339 g/mol. The third-order valence-electron chi connectivity index (χ3n) is 5.28. The summed E-state index contributed by atoms with van der Waals surface area (Å²) in [6, 6.07) is 0. The zero-order valence-electron chi connectivity index (χ0n) is 15.5. The van der Waals surface area contributed by atoms with Crippen LogP contribution in [0.1, 0.15) is 64.7 Å². The van der Waals surface area contributed by atoms with Crippen molar-refractivity contribution in [1.82, 2.24) is 10.6 Å². The summed E-state index contributed by atoms with van der Waals surface area (Å²) in [6.07, 6.45) is 10.9. The first-order chi connectivity index (χ1) is 11.8. The minimum absolute atomic E-state index is 0.211. The van der Waals surface area contributed by atoms with Gasteiger partial charge in [0, 0.05) is 39.5 Å². The van der Waals surface area contributed by atoms with Gasteiger partial charge in [-0.25, -0.2) is 0 Å². The molecule has 2 aliphatic carbocycles. The average Bonchev–Trinajstić information content (AvgIpc) is 3.41. The van der Waals surface area contributed by atoms with Crippen molar-refractivity contribution in [2.75, 3.05) is 39.5 Å². The summed E-state index contributed by atoms with van der Waals surface area (Å²) in [5, 5.41) is 16.2. The first-order valence-electron chi connectivity index (χ1n) is 9.99. The van der Waals surface area contributed by atoms with E-state index >= 15 is 0 Å². The van der Waals surface area contributed by atoms with Crippen LogP contribution in [0.5, 0.6) is 0 Å². The molecule has 0 radical (unpaired) electrons. The SMILES string of the molecule is CCNC(=NCC1(CCO)CCCCC1)NCCCOCC1CC1. The Balaban J connectivity index is 1.71. The predicted molar refractivity (Wildman–Crippen MR) is 99.4 cm³/mol. The largest absolute Gasteiger partial charge is 0.396 e. The lowest BCUT2D eigenvalue weighted by Gasteiger charge is -2.35. The number of nitrogens with zero attached hydrogens (tertiary/aromatic N) is 1. The van der Waals surface area contributed by atoms with Crippen molar-refractivity contribution in [3.05, 3.63) is 0 Å². The molecule has 5 heteroatoms. The van der Waals surface area contributed by atoms with Crippen molar-refractivity contribution in [2.24, 2.45) is 16.3 Å². The first-order valence-corrected chi connectivity index (χ1v) is 9.99. The highest BCUT2D eigenvalue weighted by Gasteiger charge is 2.31. The molecular formula is C19H37N3O2. The van der Waals surface area contributed by atoms with Crippen LogP contribution in [-0.4, -0.2) is 50.5 Å². The molecule has 2 fully saturated rings. The third kappa shape index (κ3) is 7.39. The predicted octanol–water partition coefficient (Wildman–Crippen LogP) is 2.69. The van der Waals surface area contributed by atoms with Crippen LogP contribution in [0.15, 0.2) is 4.99 Å². The lowest BCUT2D eigenvalue weighted by atomic mass is 9.72. The molecule has 0 aromatic carbocycles. The van der Waals surface area contributed by atoms with Crippen molar-refractivity contribution in [3.8, 4) is 0 Å². The minimum Gasteiger partial charge on any atom is -0.396 e. The standard InChI is InChI=1S/C19H37N3O2/c1-2-20-18(21-12-6-14-24-15-17-7-8-17)22-16-19(11-13-23)9-4-3-5-10-19/h17,23H,2-16H2,1H3,(H2,20,21,22). The van der Waals surface area contributed by atoms with Gasteiger partial charge in [-0.1, -0.05) is 19.3 Å². The molecule has 0 saturated heterocycles. The number of hydrogen-bond donors (Lipinski definition) is 3. The highest BCUT2D eigenvalue weighted by molar-refractivity contribution is 5.79. The van der Waals surface area contributed by atoms with E-state index in [1.807, 2.05) is 0 Å². The number of hydrogen-bond acceptors (Lipinski definition) is 3. The van der Waals surface area contributed by atoms with Crippen molar-refractivity contribution < 1.29 is 9.84 Å². The van der Waals surface area contributed by atoms with E-state index in [1.165, 1.54) is 44.9 Å². The number of aliphatic imine (C=N–C) groups is 1. The molecule has 0 bridgehead atoms. The normalized spacial score (nSPS) is 20.8. The molecule has 0 amide bonds. The number of guanidine groups is 1. The second-order valence-corrected chi connectivity index (χ2v) is 7.53. The van der Waals surface area contributed by atoms with E-state index in [9.17, 15) is 5.11 Å². The molecule has 0 aliphatic heterocycles. The maximum atomic E-state index is 9.43. The fraction of sp³-hybridized carbons (Fsp3) is 0.947. The van der Waals surface area contributed by atoms with Gasteiger partial charge in [-0.3, -0.25) is 4.99 Å². The van der Waals surface area contributed by atoms with Crippen LogP contribution in [0, 0.1) is 11.3 Å². The van der Waals surface area contributed by atoms with Crippen LogP contribution in [0.3, 0.4) is 0 Å². The molecule has 140 valence electrons. The Kier molecular flexibility index (Phi) is 8.89. The van der Waals surface area contributed by atoms with Crippen LogP contribution < -0.4 is 10.6 Å². The molecule has 0 aromatic rings. The van der Waals surface area contributed by atoms with Crippen LogP contribution in [0.2, 0.25) is 0 Å². The highest BCUT2D eigenvalue weighted by atomic mass is 16.5. The Morgan fingerprint density at radius 1 is 1.21 bits per heavy atom. The van der Waals surface area contributed by atoms with Crippen molar-refractivity contribution in [1.29, 1.82) is 0 Å². The zero-order valence-corrected chi connectivity index (χ0v) is 15.5. The summed E-state index contributed by atoms with van der Waals surface area (Å²) in [6.45, 7) is 6.73. The number of nitrogens with one attached hydrogen (secondary N) is 2. The zero-order chi connectivity index (χ0) is 17.1. The molecular weight excluding hydrogens is 302 g/mol. The molecule has 5 nitrogen and oxygen atoms in total. The molecule has 24 heavy (non-hydrogen) atoms. The number of aliphatic hydroxyl groups is 1. The Morgan fingerprint density at radius 3 is 2.67 bits per heavy atom. The molecule has 2 rings (SSSR count). The second kappa shape index (κ2) is 10.9. The first kappa shape index (κ1) is 19.5. The number of ether oxygens (including phenoxy) is 1. The Morgan fingerprint density at radius 2 is 2.00 bits per heavy atom. The fourth-order valence-electron chi connectivity index (χ4n) is 3.53. The summed E-state index contributed by atoms with van der Waals surface area (Å²) < 4.78 is 5.67. The van der Waals surface area contributed by atoms with Crippen molar-refractivity contribution in [3.63, 3.8) is 0 Å². The van der Waals surface area contributed by atoms with E-state index in [0.717, 1.165) is 57.6 Å². The minimum atomic E-state index is 0.211. The lowest BCUT2D eigenvalue weighted by Crippen LogP contribution is -2.39. The van der Waals surface area contributed by atoms with Gasteiger partial charge in [-0.05, 0) is 56.8 Å². The van der Waals surface area contributed by atoms with Gasteiger partial charge in [0.2, 0.25) is 0 Å². The number of rotatable bonds is 11. The van der Waals surface area contributed by atoms with Gasteiger partial charge in [-0.15, -0.1) is 0 Å². The number of aliphatic hydroxyl groups excluding tert-OH is 1. The van der Waals surface area contributed by atoms with Gasteiger partial charge in [0.05, 0.1) is 0 Å². The van der Waals surface area contributed by atoms with Crippen LogP contribution in [0.25, 0.3) is 0 Å². The molecule has 0 aromatic heterocycles. The van der Waals surface area contributed by atoms with Gasteiger partial charge < -0.3 is 20.5 Å². The van der Waals surface area contributed by atoms with Crippen molar-refractivity contribution >= 4 is 5.96 Å². The second-order valence-electron chi connectivity index (χ2n) is 7.53. The van der Waals surface area contributed by atoms with E-state index in [1.54, 1.807) is 0 Å². The molecule has 0 atom stereocenters. The molecule has 3 N–H and O–H groups in total.